The zero-order valence-corrected chi connectivity index (χ0v) is 16.4. The lowest BCUT2D eigenvalue weighted by atomic mass is 10.1. The van der Waals surface area contributed by atoms with Crippen LogP contribution in [0.25, 0.3) is 0 Å². The highest BCUT2D eigenvalue weighted by Gasteiger charge is 2.36. The molecule has 29 heavy (non-hydrogen) atoms. The summed E-state index contributed by atoms with van der Waals surface area (Å²) in [6.07, 6.45) is -0.0951. The monoisotopic (exact) mass is 414 g/mol. The number of hydrazine groups is 1. The number of nitrogens with one attached hydrogen (secondary N) is 1. The third-order valence-corrected chi connectivity index (χ3v) is 4.77. The fraction of sp³-hybridized carbons (Fsp3) is 0.238. The first-order valence-corrected chi connectivity index (χ1v) is 9.34. The zero-order chi connectivity index (χ0) is 21.0. The number of carbonyl (C=O) groups is 4. The lowest BCUT2D eigenvalue weighted by molar-refractivity contribution is -0.147. The van der Waals surface area contributed by atoms with Gasteiger partial charge in [-0.3, -0.25) is 29.6 Å². The summed E-state index contributed by atoms with van der Waals surface area (Å²) in [4.78, 5) is 48.7. The van der Waals surface area contributed by atoms with Crippen molar-refractivity contribution in [3.63, 3.8) is 0 Å². The molecule has 1 saturated heterocycles. The van der Waals surface area contributed by atoms with Gasteiger partial charge in [-0.1, -0.05) is 29.3 Å². The van der Waals surface area contributed by atoms with Crippen LogP contribution in [0.3, 0.4) is 0 Å². The standard InChI is InChI=1S/C21H19ClN2O5/c1-13-2-4-15(5-3-13)20(27)23-24-11-16(10-19(24)26)21(28)29-12-18(25)14-6-8-17(22)9-7-14/h2-9,16H,10-12H2,1H3,(H,23,27)/t16-/m1/s1. The minimum Gasteiger partial charge on any atom is -0.457 e. The molecule has 1 fully saturated rings. The normalized spacial score (nSPS) is 15.9. The van der Waals surface area contributed by atoms with Crippen molar-refractivity contribution in [2.75, 3.05) is 13.2 Å². The van der Waals surface area contributed by atoms with Gasteiger partial charge in [-0.15, -0.1) is 0 Å². The number of Topliss-reactive ketones (excluding diaryl/α,β-unsaturated/α-hetero) is 1. The molecule has 0 aliphatic carbocycles. The van der Waals surface area contributed by atoms with E-state index in [-0.39, 0.29) is 18.7 Å². The van der Waals surface area contributed by atoms with Crippen LogP contribution in [0.1, 0.15) is 32.7 Å². The number of amides is 2. The molecule has 1 atom stereocenters. The Morgan fingerprint density at radius 2 is 1.69 bits per heavy atom. The maximum atomic E-state index is 12.3. The Kier molecular flexibility index (Phi) is 6.29. The molecule has 1 heterocycles. The van der Waals surface area contributed by atoms with Gasteiger partial charge in [0.25, 0.3) is 5.91 Å². The second kappa shape index (κ2) is 8.87. The van der Waals surface area contributed by atoms with Crippen molar-refractivity contribution < 1.29 is 23.9 Å². The van der Waals surface area contributed by atoms with Crippen molar-refractivity contribution in [3.8, 4) is 0 Å². The average molecular weight is 415 g/mol. The van der Waals surface area contributed by atoms with Gasteiger partial charge in [0.05, 0.1) is 12.5 Å². The maximum Gasteiger partial charge on any atom is 0.311 e. The molecule has 2 aromatic carbocycles. The van der Waals surface area contributed by atoms with Crippen molar-refractivity contribution in [2.45, 2.75) is 13.3 Å². The van der Waals surface area contributed by atoms with Gasteiger partial charge in [0.15, 0.2) is 12.4 Å². The number of ketones is 1. The van der Waals surface area contributed by atoms with E-state index in [1.807, 2.05) is 6.92 Å². The summed E-state index contributed by atoms with van der Waals surface area (Å²) in [7, 11) is 0. The molecule has 1 aliphatic heterocycles. The number of nitrogens with zero attached hydrogens (tertiary/aromatic N) is 1. The summed E-state index contributed by atoms with van der Waals surface area (Å²) >= 11 is 5.78. The Hall–Kier alpha value is -3.19. The van der Waals surface area contributed by atoms with Crippen LogP contribution in [0, 0.1) is 12.8 Å². The number of halogens is 1. The van der Waals surface area contributed by atoms with E-state index >= 15 is 0 Å². The predicted molar refractivity (Wildman–Crippen MR) is 105 cm³/mol. The molecule has 1 aliphatic rings. The average Bonchev–Trinajstić information content (AvgIpc) is 3.07. The first kappa shape index (κ1) is 20.5. The summed E-state index contributed by atoms with van der Waals surface area (Å²) in [5.41, 5.74) is 4.29. The smallest absolute Gasteiger partial charge is 0.311 e. The largest absolute Gasteiger partial charge is 0.457 e. The molecule has 0 bridgehead atoms. The summed E-state index contributed by atoms with van der Waals surface area (Å²) in [6, 6.07) is 13.1. The van der Waals surface area contributed by atoms with Crippen molar-refractivity contribution >= 4 is 35.2 Å². The molecule has 0 unspecified atom stereocenters. The molecule has 7 nitrogen and oxygen atoms in total. The molecular formula is C21H19ClN2O5. The minimum atomic E-state index is -0.751. The number of benzene rings is 2. The second-order valence-corrected chi connectivity index (χ2v) is 7.19. The summed E-state index contributed by atoms with van der Waals surface area (Å²) in [5, 5.41) is 1.60. The minimum absolute atomic E-state index is 0.00952. The van der Waals surface area contributed by atoms with E-state index in [9.17, 15) is 19.2 Å². The van der Waals surface area contributed by atoms with Gasteiger partial charge < -0.3 is 4.74 Å². The summed E-state index contributed by atoms with van der Waals surface area (Å²) in [6.45, 7) is 1.46. The number of esters is 1. The molecule has 8 heteroatoms. The van der Waals surface area contributed by atoms with Gasteiger partial charge >= 0.3 is 5.97 Å². The van der Waals surface area contributed by atoms with Crippen LogP contribution >= 0.6 is 11.6 Å². The molecule has 150 valence electrons. The van der Waals surface area contributed by atoms with Crippen molar-refractivity contribution in [1.82, 2.24) is 10.4 Å². The Morgan fingerprint density at radius 1 is 1.07 bits per heavy atom. The van der Waals surface area contributed by atoms with E-state index in [0.29, 0.717) is 16.1 Å². The molecule has 0 aromatic heterocycles. The number of aryl methyl sites for hydroxylation is 1. The summed E-state index contributed by atoms with van der Waals surface area (Å²) < 4.78 is 5.06. The van der Waals surface area contributed by atoms with Gasteiger partial charge in [0, 0.05) is 22.6 Å². The van der Waals surface area contributed by atoms with E-state index in [2.05, 4.69) is 5.43 Å². The molecule has 1 N–H and O–H groups in total. The Balaban J connectivity index is 1.51. The van der Waals surface area contributed by atoms with Crippen molar-refractivity contribution in [2.24, 2.45) is 5.92 Å². The van der Waals surface area contributed by atoms with E-state index < -0.39 is 30.3 Å². The van der Waals surface area contributed by atoms with Crippen LogP contribution in [0.4, 0.5) is 0 Å². The van der Waals surface area contributed by atoms with Crippen LogP contribution in [0.2, 0.25) is 5.02 Å². The van der Waals surface area contributed by atoms with Gasteiger partial charge in [-0.25, -0.2) is 0 Å². The van der Waals surface area contributed by atoms with Crippen LogP contribution in [0.5, 0.6) is 0 Å². The highest BCUT2D eigenvalue weighted by atomic mass is 35.5. The molecule has 3 rings (SSSR count). The molecule has 0 radical (unpaired) electrons. The molecular weight excluding hydrogens is 396 g/mol. The fourth-order valence-corrected chi connectivity index (χ4v) is 2.97. The van der Waals surface area contributed by atoms with Gasteiger partial charge in [0.1, 0.15) is 0 Å². The van der Waals surface area contributed by atoms with Gasteiger partial charge in [-0.2, -0.15) is 0 Å². The SMILES string of the molecule is Cc1ccc(C(=O)NN2C[C@H](C(=O)OCC(=O)c3ccc(Cl)cc3)CC2=O)cc1. The topological polar surface area (TPSA) is 92.8 Å². The lowest BCUT2D eigenvalue weighted by Gasteiger charge is -2.17. The van der Waals surface area contributed by atoms with Crippen LogP contribution in [-0.4, -0.2) is 41.7 Å². The van der Waals surface area contributed by atoms with E-state index in [1.165, 1.54) is 0 Å². The molecule has 2 amide bonds. The molecule has 0 spiro atoms. The van der Waals surface area contributed by atoms with Gasteiger partial charge in [0.2, 0.25) is 5.91 Å². The molecule has 0 saturated carbocycles. The Morgan fingerprint density at radius 3 is 2.34 bits per heavy atom. The van der Waals surface area contributed by atoms with Crippen LogP contribution in [-0.2, 0) is 14.3 Å². The Bertz CT molecular complexity index is 941. The lowest BCUT2D eigenvalue weighted by Crippen LogP contribution is -2.43. The van der Waals surface area contributed by atoms with E-state index in [1.54, 1.807) is 48.5 Å². The quantitative estimate of drug-likeness (QED) is 0.579. The van der Waals surface area contributed by atoms with Gasteiger partial charge in [-0.05, 0) is 43.3 Å². The zero-order valence-electron chi connectivity index (χ0n) is 15.7. The van der Waals surface area contributed by atoms with Crippen molar-refractivity contribution in [1.29, 1.82) is 0 Å². The number of hydrogen-bond donors (Lipinski definition) is 1. The number of hydrogen-bond acceptors (Lipinski definition) is 5. The van der Waals surface area contributed by atoms with Crippen LogP contribution < -0.4 is 5.43 Å². The highest BCUT2D eigenvalue weighted by Crippen LogP contribution is 2.18. The fourth-order valence-electron chi connectivity index (χ4n) is 2.84. The van der Waals surface area contributed by atoms with Crippen molar-refractivity contribution in [3.05, 3.63) is 70.2 Å². The van der Waals surface area contributed by atoms with E-state index in [0.717, 1.165) is 10.6 Å². The highest BCUT2D eigenvalue weighted by molar-refractivity contribution is 6.30. The number of carbonyl (C=O) groups excluding carboxylic acids is 4. The van der Waals surface area contributed by atoms with E-state index in [4.69, 9.17) is 16.3 Å². The third-order valence-electron chi connectivity index (χ3n) is 4.52. The second-order valence-electron chi connectivity index (χ2n) is 6.75. The first-order valence-electron chi connectivity index (χ1n) is 8.97. The number of rotatable bonds is 6. The third kappa shape index (κ3) is 5.20. The first-order chi connectivity index (χ1) is 13.8. The Labute approximate surface area is 172 Å². The predicted octanol–water partition coefficient (Wildman–Crippen LogP) is 2.57. The van der Waals surface area contributed by atoms with Crippen LogP contribution in [0.15, 0.2) is 48.5 Å². The molecule has 2 aromatic rings. The number of ether oxygens (including phenoxy) is 1. The summed E-state index contributed by atoms with van der Waals surface area (Å²) in [5.74, 6) is -2.61. The maximum absolute atomic E-state index is 12.3.